The maximum atomic E-state index is 12.3. The van der Waals surface area contributed by atoms with Crippen molar-refractivity contribution in [3.8, 4) is 0 Å². The number of carbonyl (C=O) groups is 1. The molecule has 1 fully saturated rings. The van der Waals surface area contributed by atoms with Crippen molar-refractivity contribution < 1.29 is 9.90 Å². The average Bonchev–Trinajstić information content (AvgIpc) is 2.63. The van der Waals surface area contributed by atoms with Crippen molar-refractivity contribution in [3.63, 3.8) is 0 Å². The Morgan fingerprint density at radius 2 is 1.96 bits per heavy atom. The minimum Gasteiger partial charge on any atom is -0.392 e. The van der Waals surface area contributed by atoms with E-state index >= 15 is 0 Å². The molecular weight excluding hydrogens is 292 g/mol. The third kappa shape index (κ3) is 3.84. The first kappa shape index (κ1) is 15.4. The Kier molecular flexibility index (Phi) is 4.83. The number of aromatic nitrogens is 2. The number of hydrogen-bond acceptors (Lipinski definition) is 4. The van der Waals surface area contributed by atoms with Crippen molar-refractivity contribution in [2.75, 3.05) is 18.4 Å². The summed E-state index contributed by atoms with van der Waals surface area (Å²) in [5.41, 5.74) is 2.62. The topological polar surface area (TPSA) is 78.4 Å². The fourth-order valence-electron chi connectivity index (χ4n) is 2.82. The SMILES string of the molecule is O=C(Nc1ccc(CO)cc1)N1CCC(c2ccncn2)CC1. The van der Waals surface area contributed by atoms with Gasteiger partial charge in [-0.05, 0) is 36.6 Å². The van der Waals surface area contributed by atoms with Crippen LogP contribution in [0.5, 0.6) is 0 Å². The summed E-state index contributed by atoms with van der Waals surface area (Å²) < 4.78 is 0. The molecule has 2 amide bonds. The van der Waals surface area contributed by atoms with Crippen LogP contribution < -0.4 is 5.32 Å². The Bertz CT molecular complexity index is 637. The quantitative estimate of drug-likeness (QED) is 0.912. The number of anilines is 1. The largest absolute Gasteiger partial charge is 0.392 e. The molecule has 6 heteroatoms. The Morgan fingerprint density at radius 1 is 1.22 bits per heavy atom. The van der Waals surface area contributed by atoms with E-state index in [-0.39, 0.29) is 12.6 Å². The van der Waals surface area contributed by atoms with E-state index in [1.165, 1.54) is 0 Å². The number of urea groups is 1. The second-order valence-electron chi connectivity index (χ2n) is 5.68. The average molecular weight is 312 g/mol. The van der Waals surface area contributed by atoms with Crippen LogP contribution in [0.25, 0.3) is 0 Å². The molecule has 1 aromatic carbocycles. The van der Waals surface area contributed by atoms with Gasteiger partial charge in [-0.2, -0.15) is 0 Å². The zero-order valence-electron chi connectivity index (χ0n) is 12.9. The smallest absolute Gasteiger partial charge is 0.321 e. The molecule has 0 radical (unpaired) electrons. The lowest BCUT2D eigenvalue weighted by molar-refractivity contribution is 0.194. The number of likely N-dealkylation sites (tertiary alicyclic amines) is 1. The van der Waals surface area contributed by atoms with Crippen LogP contribution in [0.1, 0.15) is 30.0 Å². The summed E-state index contributed by atoms with van der Waals surface area (Å²) in [5.74, 6) is 0.394. The van der Waals surface area contributed by atoms with Gasteiger partial charge in [0.2, 0.25) is 0 Å². The van der Waals surface area contributed by atoms with Crippen molar-refractivity contribution in [2.45, 2.75) is 25.4 Å². The molecule has 2 heterocycles. The molecule has 0 atom stereocenters. The van der Waals surface area contributed by atoms with Gasteiger partial charge in [0.25, 0.3) is 0 Å². The van der Waals surface area contributed by atoms with Gasteiger partial charge in [-0.25, -0.2) is 14.8 Å². The number of nitrogens with one attached hydrogen (secondary N) is 1. The van der Waals surface area contributed by atoms with E-state index < -0.39 is 0 Å². The highest BCUT2D eigenvalue weighted by atomic mass is 16.3. The first-order valence-corrected chi connectivity index (χ1v) is 7.78. The summed E-state index contributed by atoms with van der Waals surface area (Å²) >= 11 is 0. The summed E-state index contributed by atoms with van der Waals surface area (Å²) in [6.07, 6.45) is 5.16. The fraction of sp³-hybridized carbons (Fsp3) is 0.353. The molecule has 23 heavy (non-hydrogen) atoms. The number of piperidine rings is 1. The zero-order chi connectivity index (χ0) is 16.1. The Balaban J connectivity index is 1.53. The van der Waals surface area contributed by atoms with Crippen LogP contribution in [-0.2, 0) is 6.61 Å². The Morgan fingerprint density at radius 3 is 2.57 bits per heavy atom. The molecule has 2 N–H and O–H groups in total. The number of amides is 2. The Hall–Kier alpha value is -2.47. The van der Waals surface area contributed by atoms with Crippen LogP contribution in [0, 0.1) is 0 Å². The van der Waals surface area contributed by atoms with Crippen molar-refractivity contribution in [2.24, 2.45) is 0 Å². The van der Waals surface area contributed by atoms with Gasteiger partial charge in [0.15, 0.2) is 0 Å². The van der Waals surface area contributed by atoms with E-state index in [1.54, 1.807) is 36.8 Å². The second kappa shape index (κ2) is 7.19. The number of rotatable bonds is 3. The summed E-state index contributed by atoms with van der Waals surface area (Å²) in [6.45, 7) is 1.44. The minimum atomic E-state index is -0.0807. The molecule has 2 aromatic rings. The normalized spacial score (nSPS) is 15.4. The molecule has 0 unspecified atom stereocenters. The third-order valence-electron chi connectivity index (χ3n) is 4.19. The van der Waals surface area contributed by atoms with Crippen LogP contribution in [-0.4, -0.2) is 39.1 Å². The molecular formula is C17H20N4O2. The monoisotopic (exact) mass is 312 g/mol. The highest BCUT2D eigenvalue weighted by Gasteiger charge is 2.24. The van der Waals surface area contributed by atoms with E-state index in [2.05, 4.69) is 15.3 Å². The first-order valence-electron chi connectivity index (χ1n) is 7.78. The van der Waals surface area contributed by atoms with Crippen molar-refractivity contribution in [3.05, 3.63) is 54.1 Å². The predicted molar refractivity (Wildman–Crippen MR) is 87.0 cm³/mol. The molecule has 1 saturated heterocycles. The van der Waals surface area contributed by atoms with Gasteiger partial charge in [0.05, 0.1) is 6.61 Å². The lowest BCUT2D eigenvalue weighted by atomic mass is 9.93. The van der Waals surface area contributed by atoms with Gasteiger partial charge < -0.3 is 15.3 Å². The third-order valence-corrected chi connectivity index (χ3v) is 4.19. The van der Waals surface area contributed by atoms with Gasteiger partial charge in [-0.15, -0.1) is 0 Å². The molecule has 0 saturated carbocycles. The molecule has 0 spiro atoms. The van der Waals surface area contributed by atoms with Gasteiger partial charge in [-0.3, -0.25) is 0 Å². The predicted octanol–water partition coefficient (Wildman–Crippen LogP) is 2.38. The van der Waals surface area contributed by atoms with Crippen molar-refractivity contribution >= 4 is 11.7 Å². The van der Waals surface area contributed by atoms with E-state index in [0.29, 0.717) is 5.92 Å². The molecule has 1 aliphatic heterocycles. The molecule has 0 aliphatic carbocycles. The summed E-state index contributed by atoms with van der Waals surface area (Å²) in [6, 6.07) is 9.08. The summed E-state index contributed by atoms with van der Waals surface area (Å²) in [5, 5.41) is 11.9. The number of nitrogens with zero attached hydrogens (tertiary/aromatic N) is 3. The number of aliphatic hydroxyl groups is 1. The summed E-state index contributed by atoms with van der Waals surface area (Å²) in [7, 11) is 0. The molecule has 1 aliphatic rings. The molecule has 6 nitrogen and oxygen atoms in total. The van der Waals surface area contributed by atoms with Gasteiger partial charge in [0, 0.05) is 36.6 Å². The highest BCUT2D eigenvalue weighted by Crippen LogP contribution is 2.26. The maximum absolute atomic E-state index is 12.3. The van der Waals surface area contributed by atoms with E-state index in [1.807, 2.05) is 11.0 Å². The van der Waals surface area contributed by atoms with Gasteiger partial charge >= 0.3 is 6.03 Å². The van der Waals surface area contributed by atoms with Gasteiger partial charge in [-0.1, -0.05) is 12.1 Å². The van der Waals surface area contributed by atoms with Crippen LogP contribution in [0.4, 0.5) is 10.5 Å². The van der Waals surface area contributed by atoms with E-state index in [0.717, 1.165) is 42.9 Å². The number of aliphatic hydroxyl groups excluding tert-OH is 1. The molecule has 3 rings (SSSR count). The highest BCUT2D eigenvalue weighted by molar-refractivity contribution is 5.89. The minimum absolute atomic E-state index is 0.00474. The van der Waals surface area contributed by atoms with Crippen LogP contribution >= 0.6 is 0 Å². The number of benzene rings is 1. The number of hydrogen-bond donors (Lipinski definition) is 2. The second-order valence-corrected chi connectivity index (χ2v) is 5.68. The van der Waals surface area contributed by atoms with E-state index in [4.69, 9.17) is 5.11 Å². The maximum Gasteiger partial charge on any atom is 0.321 e. The first-order chi connectivity index (χ1) is 11.3. The fourth-order valence-corrected chi connectivity index (χ4v) is 2.82. The lowest BCUT2D eigenvalue weighted by Crippen LogP contribution is -2.40. The van der Waals surface area contributed by atoms with Crippen molar-refractivity contribution in [1.82, 2.24) is 14.9 Å². The number of carbonyl (C=O) groups excluding carboxylic acids is 1. The van der Waals surface area contributed by atoms with Crippen LogP contribution in [0.15, 0.2) is 42.9 Å². The lowest BCUT2D eigenvalue weighted by Gasteiger charge is -2.31. The van der Waals surface area contributed by atoms with Gasteiger partial charge in [0.1, 0.15) is 6.33 Å². The van der Waals surface area contributed by atoms with E-state index in [9.17, 15) is 4.79 Å². The Labute approximate surface area is 135 Å². The molecule has 1 aromatic heterocycles. The summed E-state index contributed by atoms with van der Waals surface area (Å²) in [4.78, 5) is 22.4. The standard InChI is InChI=1S/C17H20N4O2/c22-11-13-1-3-15(4-2-13)20-17(23)21-9-6-14(7-10-21)16-5-8-18-12-19-16/h1-5,8,12,14,22H,6-7,9-11H2,(H,20,23). The molecule has 0 bridgehead atoms. The van der Waals surface area contributed by atoms with Crippen LogP contribution in [0.2, 0.25) is 0 Å². The van der Waals surface area contributed by atoms with Crippen molar-refractivity contribution in [1.29, 1.82) is 0 Å². The molecule has 120 valence electrons. The van der Waals surface area contributed by atoms with Crippen LogP contribution in [0.3, 0.4) is 0 Å². The zero-order valence-corrected chi connectivity index (χ0v) is 12.9.